The number of hydrogen-bond acceptors (Lipinski definition) is 3. The summed E-state index contributed by atoms with van der Waals surface area (Å²) in [6.07, 6.45) is 4.27. The number of phenolic OH excluding ortho intramolecular Hbond substituents is 1. The van der Waals surface area contributed by atoms with E-state index in [1.54, 1.807) is 21.8 Å². The number of rotatable bonds is 2. The quantitative estimate of drug-likeness (QED) is 0.921. The van der Waals surface area contributed by atoms with Crippen LogP contribution in [0.15, 0.2) is 24.4 Å². The van der Waals surface area contributed by atoms with Crippen LogP contribution < -0.4 is 4.90 Å². The van der Waals surface area contributed by atoms with E-state index in [0.29, 0.717) is 24.2 Å². The van der Waals surface area contributed by atoms with Crippen molar-refractivity contribution in [2.24, 2.45) is 7.05 Å². The summed E-state index contributed by atoms with van der Waals surface area (Å²) in [4.78, 5) is 14.6. The van der Waals surface area contributed by atoms with E-state index in [9.17, 15) is 9.90 Å². The van der Waals surface area contributed by atoms with Crippen LogP contribution in [0.4, 0.5) is 5.69 Å². The third-order valence-electron chi connectivity index (χ3n) is 3.91. The second-order valence-electron chi connectivity index (χ2n) is 5.36. The first-order valence-corrected chi connectivity index (χ1v) is 7.27. The molecule has 5 nitrogen and oxygen atoms in total. The Morgan fingerprint density at radius 2 is 2.24 bits per heavy atom. The van der Waals surface area contributed by atoms with E-state index >= 15 is 0 Å². The van der Waals surface area contributed by atoms with Crippen molar-refractivity contribution in [2.45, 2.75) is 26.2 Å². The lowest BCUT2D eigenvalue weighted by Crippen LogP contribution is -2.35. The number of phenols is 1. The molecule has 1 aliphatic heterocycles. The zero-order chi connectivity index (χ0) is 15.0. The Balaban J connectivity index is 2.04. The van der Waals surface area contributed by atoms with E-state index in [2.05, 4.69) is 5.10 Å². The molecular weight excluding hydrogens is 266 g/mol. The van der Waals surface area contributed by atoms with Crippen LogP contribution in [-0.4, -0.2) is 27.3 Å². The highest BCUT2D eigenvalue weighted by atomic mass is 16.3. The highest BCUT2D eigenvalue weighted by molar-refractivity contribution is 6.08. The van der Waals surface area contributed by atoms with Crippen molar-refractivity contribution in [3.8, 4) is 5.75 Å². The summed E-state index contributed by atoms with van der Waals surface area (Å²) >= 11 is 0. The molecule has 0 spiro atoms. The molecule has 0 atom stereocenters. The Morgan fingerprint density at radius 1 is 1.43 bits per heavy atom. The van der Waals surface area contributed by atoms with E-state index in [1.165, 1.54) is 0 Å². The molecule has 0 aliphatic carbocycles. The summed E-state index contributed by atoms with van der Waals surface area (Å²) in [5.74, 6) is 0.0879. The molecule has 3 rings (SSSR count). The number of amides is 1. The first-order chi connectivity index (χ1) is 10.1. The number of fused-ring (bicyclic) bond motifs is 1. The van der Waals surface area contributed by atoms with Gasteiger partial charge in [-0.05, 0) is 30.9 Å². The second-order valence-corrected chi connectivity index (χ2v) is 5.36. The summed E-state index contributed by atoms with van der Waals surface area (Å²) < 4.78 is 1.67. The largest absolute Gasteiger partial charge is 0.506 e. The van der Waals surface area contributed by atoms with Gasteiger partial charge in [-0.25, -0.2) is 0 Å². The molecule has 2 aromatic rings. The smallest absolute Gasteiger partial charge is 0.261 e. The fourth-order valence-electron chi connectivity index (χ4n) is 2.95. The van der Waals surface area contributed by atoms with Gasteiger partial charge in [0.2, 0.25) is 0 Å². The maximum absolute atomic E-state index is 12.9. The van der Waals surface area contributed by atoms with Gasteiger partial charge in [-0.3, -0.25) is 9.48 Å². The molecule has 1 amide bonds. The Labute approximate surface area is 123 Å². The number of carbonyl (C=O) groups excluding carboxylic acids is 1. The third-order valence-corrected chi connectivity index (χ3v) is 3.91. The van der Waals surface area contributed by atoms with Crippen LogP contribution in [0.2, 0.25) is 0 Å². The predicted octanol–water partition coefficient (Wildman–Crippen LogP) is 2.28. The van der Waals surface area contributed by atoms with Gasteiger partial charge in [0.05, 0.1) is 16.9 Å². The Bertz CT molecular complexity index is 691. The zero-order valence-corrected chi connectivity index (χ0v) is 12.3. The molecule has 21 heavy (non-hydrogen) atoms. The fraction of sp³-hybridized carbons (Fsp3) is 0.375. The average molecular weight is 285 g/mol. The Morgan fingerprint density at radius 3 is 3.00 bits per heavy atom. The van der Waals surface area contributed by atoms with Crippen molar-refractivity contribution in [2.75, 3.05) is 11.4 Å². The number of aromatic nitrogens is 2. The molecule has 0 unspecified atom stereocenters. The van der Waals surface area contributed by atoms with Crippen LogP contribution in [0.3, 0.4) is 0 Å². The minimum absolute atomic E-state index is 0.0811. The highest BCUT2D eigenvalue weighted by Crippen LogP contribution is 2.36. The molecule has 1 aromatic carbocycles. The first kappa shape index (κ1) is 13.7. The van der Waals surface area contributed by atoms with Gasteiger partial charge >= 0.3 is 0 Å². The van der Waals surface area contributed by atoms with Crippen LogP contribution in [0.25, 0.3) is 0 Å². The van der Waals surface area contributed by atoms with E-state index < -0.39 is 0 Å². The maximum Gasteiger partial charge on any atom is 0.261 e. The SMILES string of the molecule is CCc1nn(C)cc1C(=O)N1CCCc2cccc(O)c21. The Kier molecular flexibility index (Phi) is 3.41. The normalized spacial score (nSPS) is 14.1. The molecule has 1 N–H and O–H groups in total. The maximum atomic E-state index is 12.9. The number of nitrogens with zero attached hydrogens (tertiary/aromatic N) is 3. The standard InChI is InChI=1S/C16H19N3O2/c1-3-13-12(10-18(2)17-13)16(21)19-9-5-7-11-6-4-8-14(20)15(11)19/h4,6,8,10,20H,3,5,7,9H2,1-2H3. The van der Waals surface area contributed by atoms with Crippen LogP contribution >= 0.6 is 0 Å². The summed E-state index contributed by atoms with van der Waals surface area (Å²) in [7, 11) is 1.82. The lowest BCUT2D eigenvalue weighted by Gasteiger charge is -2.30. The molecule has 2 heterocycles. The lowest BCUT2D eigenvalue weighted by atomic mass is 10.00. The molecule has 5 heteroatoms. The van der Waals surface area contributed by atoms with Gasteiger partial charge in [-0.15, -0.1) is 0 Å². The molecule has 0 radical (unpaired) electrons. The number of aryl methyl sites for hydroxylation is 3. The Hall–Kier alpha value is -2.30. The van der Waals surface area contributed by atoms with Gasteiger partial charge in [0.1, 0.15) is 5.75 Å². The minimum atomic E-state index is -0.0811. The molecule has 0 saturated heterocycles. The van der Waals surface area contributed by atoms with Crippen LogP contribution in [0.1, 0.15) is 35.0 Å². The van der Waals surface area contributed by atoms with E-state index in [4.69, 9.17) is 0 Å². The third kappa shape index (κ3) is 2.28. The number of aromatic hydroxyl groups is 1. The number of benzene rings is 1. The van der Waals surface area contributed by atoms with Crippen LogP contribution in [0, 0.1) is 0 Å². The monoisotopic (exact) mass is 285 g/mol. The van der Waals surface area contributed by atoms with E-state index in [-0.39, 0.29) is 11.7 Å². The van der Waals surface area contributed by atoms with Crippen molar-refractivity contribution < 1.29 is 9.90 Å². The second kappa shape index (κ2) is 5.24. The van der Waals surface area contributed by atoms with Crippen molar-refractivity contribution in [3.63, 3.8) is 0 Å². The van der Waals surface area contributed by atoms with Gasteiger partial charge < -0.3 is 10.0 Å². The summed E-state index contributed by atoms with van der Waals surface area (Å²) in [6.45, 7) is 2.61. The first-order valence-electron chi connectivity index (χ1n) is 7.27. The fourth-order valence-corrected chi connectivity index (χ4v) is 2.95. The van der Waals surface area contributed by atoms with Gasteiger partial charge in [-0.1, -0.05) is 19.1 Å². The molecule has 1 aromatic heterocycles. The number of hydrogen-bond donors (Lipinski definition) is 1. The van der Waals surface area contributed by atoms with Gasteiger partial charge in [0.15, 0.2) is 0 Å². The number of carbonyl (C=O) groups is 1. The average Bonchev–Trinajstić information content (AvgIpc) is 2.87. The molecule has 0 fully saturated rings. The highest BCUT2D eigenvalue weighted by Gasteiger charge is 2.28. The van der Waals surface area contributed by atoms with Gasteiger partial charge in [0.25, 0.3) is 5.91 Å². The van der Waals surface area contributed by atoms with Crippen LogP contribution in [0.5, 0.6) is 5.75 Å². The minimum Gasteiger partial charge on any atom is -0.506 e. The van der Waals surface area contributed by atoms with Crippen molar-refractivity contribution in [1.29, 1.82) is 0 Å². The molecule has 1 aliphatic rings. The predicted molar refractivity (Wildman–Crippen MR) is 80.7 cm³/mol. The zero-order valence-electron chi connectivity index (χ0n) is 12.3. The summed E-state index contributed by atoms with van der Waals surface area (Å²) in [5, 5.41) is 14.5. The van der Waals surface area contributed by atoms with Crippen molar-refractivity contribution in [1.82, 2.24) is 9.78 Å². The number of para-hydroxylation sites is 1. The molecule has 110 valence electrons. The lowest BCUT2D eigenvalue weighted by molar-refractivity contribution is 0.0983. The van der Waals surface area contributed by atoms with E-state index in [1.807, 2.05) is 26.1 Å². The number of anilines is 1. The van der Waals surface area contributed by atoms with Crippen molar-refractivity contribution in [3.05, 3.63) is 41.2 Å². The molecule has 0 saturated carbocycles. The van der Waals surface area contributed by atoms with Gasteiger partial charge in [0, 0.05) is 19.8 Å². The topological polar surface area (TPSA) is 58.4 Å². The van der Waals surface area contributed by atoms with Crippen molar-refractivity contribution >= 4 is 11.6 Å². The van der Waals surface area contributed by atoms with E-state index in [0.717, 1.165) is 24.1 Å². The summed E-state index contributed by atoms with van der Waals surface area (Å²) in [6, 6.07) is 5.43. The molecule has 0 bridgehead atoms. The van der Waals surface area contributed by atoms with Gasteiger partial charge in [-0.2, -0.15) is 5.10 Å². The summed E-state index contributed by atoms with van der Waals surface area (Å²) in [5.41, 5.74) is 3.09. The van der Waals surface area contributed by atoms with Crippen LogP contribution in [-0.2, 0) is 19.9 Å². The molecular formula is C16H19N3O2.